The molecule has 1 heterocycles. The molecule has 0 saturated carbocycles. The molecule has 0 radical (unpaired) electrons. The van der Waals surface area contributed by atoms with Gasteiger partial charge in [0.1, 0.15) is 5.82 Å². The lowest BCUT2D eigenvalue weighted by Gasteiger charge is -2.36. The molecule has 3 rings (SSSR count). The summed E-state index contributed by atoms with van der Waals surface area (Å²) in [4.78, 5) is 27.0. The van der Waals surface area contributed by atoms with Gasteiger partial charge in [0.05, 0.1) is 10.6 Å². The molecule has 2 aromatic rings. The normalized spacial score (nSPS) is 14.6. The van der Waals surface area contributed by atoms with Crippen molar-refractivity contribution >= 4 is 17.3 Å². The van der Waals surface area contributed by atoms with Gasteiger partial charge in [-0.2, -0.15) is 0 Å². The highest BCUT2D eigenvalue weighted by Gasteiger charge is 2.19. The van der Waals surface area contributed by atoms with E-state index >= 15 is 0 Å². The van der Waals surface area contributed by atoms with E-state index in [2.05, 4.69) is 15.1 Å². The molecule has 0 unspecified atom stereocenters. The molecule has 29 heavy (non-hydrogen) atoms. The number of para-hydroxylation sites is 1. The molecule has 1 aliphatic heterocycles. The van der Waals surface area contributed by atoms with Crippen molar-refractivity contribution in [3.63, 3.8) is 0 Å². The van der Waals surface area contributed by atoms with Crippen LogP contribution in [0.2, 0.25) is 0 Å². The highest BCUT2D eigenvalue weighted by atomic mass is 19.1. The first-order chi connectivity index (χ1) is 14.0. The summed E-state index contributed by atoms with van der Waals surface area (Å²) in [6.07, 6.45) is 0.803. The van der Waals surface area contributed by atoms with Crippen LogP contribution in [-0.4, -0.2) is 55.0 Å². The number of benzene rings is 2. The fourth-order valence-corrected chi connectivity index (χ4v) is 3.53. The number of piperazine rings is 1. The molecule has 1 fully saturated rings. The van der Waals surface area contributed by atoms with Crippen LogP contribution in [0.4, 0.5) is 15.8 Å². The Labute approximate surface area is 169 Å². The second-order valence-electron chi connectivity index (χ2n) is 7.15. The second-order valence-corrected chi connectivity index (χ2v) is 7.15. The molecule has 0 atom stereocenters. The number of anilines is 1. The average molecular weight is 400 g/mol. The fourth-order valence-electron chi connectivity index (χ4n) is 3.53. The zero-order valence-corrected chi connectivity index (χ0v) is 16.4. The number of hydrogen-bond acceptors (Lipinski definition) is 5. The standard InChI is InChI=1S/C21H25FN4O3/c1-16-15-17(7-8-19(16)26(28)29)21(27)23-9-4-10-24-11-13-25(14-12-24)20-6-3-2-5-18(20)22/h2-3,5-8,15H,4,9-14H2,1H3,(H,23,27). The zero-order chi connectivity index (χ0) is 20.8. The van der Waals surface area contributed by atoms with Crippen LogP contribution in [0.3, 0.4) is 0 Å². The van der Waals surface area contributed by atoms with Crippen LogP contribution < -0.4 is 10.2 Å². The van der Waals surface area contributed by atoms with Gasteiger partial charge in [-0.25, -0.2) is 4.39 Å². The van der Waals surface area contributed by atoms with Gasteiger partial charge in [-0.05, 0) is 44.2 Å². The molecule has 1 N–H and O–H groups in total. The van der Waals surface area contributed by atoms with Crippen molar-refractivity contribution in [1.29, 1.82) is 0 Å². The minimum absolute atomic E-state index is 0.0103. The first-order valence-corrected chi connectivity index (χ1v) is 9.71. The van der Waals surface area contributed by atoms with Crippen LogP contribution in [0.15, 0.2) is 42.5 Å². The van der Waals surface area contributed by atoms with Gasteiger partial charge >= 0.3 is 0 Å². The monoisotopic (exact) mass is 400 g/mol. The van der Waals surface area contributed by atoms with Crippen LogP contribution in [0.5, 0.6) is 0 Å². The molecule has 0 bridgehead atoms. The highest BCUT2D eigenvalue weighted by Crippen LogP contribution is 2.20. The maximum absolute atomic E-state index is 13.9. The Morgan fingerprint density at radius 2 is 1.90 bits per heavy atom. The molecule has 0 aromatic heterocycles. The van der Waals surface area contributed by atoms with E-state index in [1.54, 1.807) is 19.1 Å². The third kappa shape index (κ3) is 5.29. The minimum Gasteiger partial charge on any atom is -0.367 e. The summed E-state index contributed by atoms with van der Waals surface area (Å²) in [7, 11) is 0. The van der Waals surface area contributed by atoms with E-state index in [-0.39, 0.29) is 17.4 Å². The lowest BCUT2D eigenvalue weighted by Crippen LogP contribution is -2.47. The number of carbonyl (C=O) groups is 1. The Kier molecular flexibility index (Phi) is 6.77. The summed E-state index contributed by atoms with van der Waals surface area (Å²) in [6, 6.07) is 11.2. The van der Waals surface area contributed by atoms with Crippen LogP contribution in [0.1, 0.15) is 22.3 Å². The number of aryl methyl sites for hydroxylation is 1. The van der Waals surface area contributed by atoms with E-state index in [0.29, 0.717) is 23.4 Å². The molecular formula is C21H25FN4O3. The van der Waals surface area contributed by atoms with Gasteiger partial charge in [-0.3, -0.25) is 19.8 Å². The maximum atomic E-state index is 13.9. The molecule has 1 aliphatic rings. The van der Waals surface area contributed by atoms with Crippen molar-refractivity contribution < 1.29 is 14.1 Å². The van der Waals surface area contributed by atoms with Crippen molar-refractivity contribution in [3.05, 3.63) is 69.5 Å². The number of nitro benzene ring substituents is 1. The Morgan fingerprint density at radius 3 is 2.55 bits per heavy atom. The zero-order valence-electron chi connectivity index (χ0n) is 16.4. The minimum atomic E-state index is -0.455. The van der Waals surface area contributed by atoms with Gasteiger partial charge in [0.25, 0.3) is 11.6 Å². The van der Waals surface area contributed by atoms with E-state index in [1.807, 2.05) is 6.07 Å². The Balaban J connectivity index is 1.39. The number of rotatable bonds is 7. The fraction of sp³-hybridized carbons (Fsp3) is 0.381. The van der Waals surface area contributed by atoms with Gasteiger partial charge in [0.15, 0.2) is 0 Å². The van der Waals surface area contributed by atoms with Gasteiger partial charge in [-0.15, -0.1) is 0 Å². The maximum Gasteiger partial charge on any atom is 0.272 e. The molecule has 1 saturated heterocycles. The van der Waals surface area contributed by atoms with Crippen LogP contribution in [0, 0.1) is 22.9 Å². The second kappa shape index (κ2) is 9.47. The molecule has 154 valence electrons. The summed E-state index contributed by atoms with van der Waals surface area (Å²) >= 11 is 0. The van der Waals surface area contributed by atoms with Crippen LogP contribution in [-0.2, 0) is 0 Å². The highest BCUT2D eigenvalue weighted by molar-refractivity contribution is 5.94. The third-order valence-electron chi connectivity index (χ3n) is 5.16. The SMILES string of the molecule is Cc1cc(C(=O)NCCCN2CCN(c3ccccc3F)CC2)ccc1[N+](=O)[O-]. The first kappa shape index (κ1) is 20.7. The van der Waals surface area contributed by atoms with E-state index in [4.69, 9.17) is 0 Å². The van der Waals surface area contributed by atoms with Gasteiger partial charge < -0.3 is 10.2 Å². The number of hydrogen-bond donors (Lipinski definition) is 1. The summed E-state index contributed by atoms with van der Waals surface area (Å²) in [5.74, 6) is -0.419. The van der Waals surface area contributed by atoms with E-state index in [1.165, 1.54) is 24.3 Å². The largest absolute Gasteiger partial charge is 0.367 e. The summed E-state index contributed by atoms with van der Waals surface area (Å²) in [5.41, 5.74) is 1.55. The number of carbonyl (C=O) groups excluding carboxylic acids is 1. The van der Waals surface area contributed by atoms with Crippen molar-refractivity contribution in [2.45, 2.75) is 13.3 Å². The molecule has 8 heteroatoms. The van der Waals surface area contributed by atoms with Crippen molar-refractivity contribution in [3.8, 4) is 0 Å². The summed E-state index contributed by atoms with van der Waals surface area (Å²) in [6.45, 7) is 6.25. The number of nitrogens with zero attached hydrogens (tertiary/aromatic N) is 3. The van der Waals surface area contributed by atoms with E-state index < -0.39 is 4.92 Å². The van der Waals surface area contributed by atoms with Crippen molar-refractivity contribution in [1.82, 2.24) is 10.2 Å². The van der Waals surface area contributed by atoms with Crippen LogP contribution >= 0.6 is 0 Å². The molecule has 2 aromatic carbocycles. The number of halogens is 1. The summed E-state index contributed by atoms with van der Waals surface area (Å²) in [5, 5.41) is 13.7. The Morgan fingerprint density at radius 1 is 1.17 bits per heavy atom. The van der Waals surface area contributed by atoms with Crippen LogP contribution in [0.25, 0.3) is 0 Å². The first-order valence-electron chi connectivity index (χ1n) is 9.71. The quantitative estimate of drug-likeness (QED) is 0.439. The Hall–Kier alpha value is -3.00. The molecular weight excluding hydrogens is 375 g/mol. The number of amides is 1. The topological polar surface area (TPSA) is 78.7 Å². The molecule has 0 aliphatic carbocycles. The number of nitro groups is 1. The van der Waals surface area contributed by atoms with Gasteiger partial charge in [0, 0.05) is 49.9 Å². The molecule has 1 amide bonds. The van der Waals surface area contributed by atoms with E-state index in [0.717, 1.165) is 39.1 Å². The van der Waals surface area contributed by atoms with Crippen molar-refractivity contribution in [2.24, 2.45) is 0 Å². The predicted octanol–water partition coefficient (Wildman–Crippen LogP) is 2.98. The third-order valence-corrected chi connectivity index (χ3v) is 5.16. The average Bonchev–Trinajstić information content (AvgIpc) is 2.71. The Bertz CT molecular complexity index is 882. The number of nitrogens with one attached hydrogen (secondary N) is 1. The van der Waals surface area contributed by atoms with Gasteiger partial charge in [-0.1, -0.05) is 12.1 Å². The predicted molar refractivity (Wildman–Crippen MR) is 110 cm³/mol. The smallest absolute Gasteiger partial charge is 0.272 e. The molecule has 7 nitrogen and oxygen atoms in total. The summed E-state index contributed by atoms with van der Waals surface area (Å²) < 4.78 is 13.9. The lowest BCUT2D eigenvalue weighted by molar-refractivity contribution is -0.385. The molecule has 0 spiro atoms. The lowest BCUT2D eigenvalue weighted by atomic mass is 10.1. The van der Waals surface area contributed by atoms with Crippen molar-refractivity contribution in [2.75, 3.05) is 44.2 Å². The van der Waals surface area contributed by atoms with E-state index in [9.17, 15) is 19.3 Å². The van der Waals surface area contributed by atoms with Gasteiger partial charge in [0.2, 0.25) is 0 Å².